The van der Waals surface area contributed by atoms with Crippen molar-refractivity contribution < 1.29 is 53.4 Å². The zero-order chi connectivity index (χ0) is 29.4. The largest absolute Gasteiger partial charge is 1.00 e. The summed E-state index contributed by atoms with van der Waals surface area (Å²) in [5, 5.41) is 14.8. The summed E-state index contributed by atoms with van der Waals surface area (Å²) < 4.78 is 23.8. The number of allylic oxidation sites excluding steroid dienone is 3. The smallest absolute Gasteiger partial charge is 0.549 e. The molecule has 10 heteroatoms. The van der Waals surface area contributed by atoms with E-state index in [1.54, 1.807) is 43.5 Å². The summed E-state index contributed by atoms with van der Waals surface area (Å²) in [5.41, 5.74) is 5.18. The van der Waals surface area contributed by atoms with Gasteiger partial charge in [-0.1, -0.05) is 60.7 Å². The van der Waals surface area contributed by atoms with Crippen LogP contribution in [0.15, 0.2) is 72.4 Å². The first-order valence-corrected chi connectivity index (χ1v) is 13.7. The molecule has 0 amide bonds. The number of carbonyl (C=O) groups is 2. The maximum atomic E-state index is 14.9. The number of nitrogens with one attached hydrogen (secondary N) is 1. The topological polar surface area (TPSA) is 91.3 Å². The third-order valence-electron chi connectivity index (χ3n) is 6.87. The number of aryl methyl sites for hydroxylation is 1. The molecule has 0 radical (unpaired) electrons. The van der Waals surface area contributed by atoms with E-state index >= 15 is 0 Å². The van der Waals surface area contributed by atoms with E-state index in [0.717, 1.165) is 28.1 Å². The van der Waals surface area contributed by atoms with Gasteiger partial charge in [0.25, 0.3) is 6.47 Å². The Bertz CT molecular complexity index is 1460. The van der Waals surface area contributed by atoms with Crippen LogP contribution in [0, 0.1) is 12.7 Å². The van der Waals surface area contributed by atoms with Crippen molar-refractivity contribution in [1.29, 1.82) is 0 Å². The molecule has 3 aromatic rings. The van der Waals surface area contributed by atoms with Crippen LogP contribution >= 0.6 is 23.1 Å². The van der Waals surface area contributed by atoms with Gasteiger partial charge in [-0.05, 0) is 79.6 Å². The first kappa shape index (κ1) is 34.5. The quantitative estimate of drug-likeness (QED) is 0.216. The Morgan fingerprint density at radius 1 is 1.27 bits per heavy atom. The summed E-state index contributed by atoms with van der Waals surface area (Å²) in [6.45, 7) is 10.1. The number of nitrogens with zero attached hydrogens (tertiary/aromatic N) is 1. The Kier molecular flexibility index (Phi) is 13.0. The van der Waals surface area contributed by atoms with Crippen LogP contribution in [-0.4, -0.2) is 30.5 Å². The molecular formula is C31H31ClFN2NaO4S. The van der Waals surface area contributed by atoms with Gasteiger partial charge in [0.1, 0.15) is 12.4 Å². The van der Waals surface area contributed by atoms with Crippen LogP contribution in [-0.2, 0) is 19.7 Å². The number of anilines is 1. The van der Waals surface area contributed by atoms with Gasteiger partial charge in [0.2, 0.25) is 0 Å². The van der Waals surface area contributed by atoms with E-state index in [2.05, 4.69) is 21.0 Å². The number of rotatable bonds is 10. The van der Waals surface area contributed by atoms with Crippen LogP contribution in [0.3, 0.4) is 0 Å². The fourth-order valence-corrected chi connectivity index (χ4v) is 5.43. The predicted molar refractivity (Wildman–Crippen MR) is 158 cm³/mol. The van der Waals surface area contributed by atoms with Crippen molar-refractivity contribution in [3.05, 3.63) is 94.4 Å². The first-order valence-electron chi connectivity index (χ1n) is 12.6. The van der Waals surface area contributed by atoms with Gasteiger partial charge in [0.05, 0.1) is 22.2 Å². The number of carbonyl (C=O) groups excluding carboxylic acids is 2. The molecule has 0 unspecified atom stereocenters. The zero-order valence-electron chi connectivity index (χ0n) is 23.8. The number of benzene rings is 2. The molecule has 1 aliphatic rings. The number of hydrogen-bond acceptors (Lipinski definition) is 7. The number of carboxylic acids is 1. The normalized spacial score (nSPS) is 13.7. The van der Waals surface area contributed by atoms with Crippen molar-refractivity contribution in [2.45, 2.75) is 39.0 Å². The van der Waals surface area contributed by atoms with Crippen molar-refractivity contribution in [1.82, 2.24) is 4.37 Å². The molecule has 2 aromatic carbocycles. The van der Waals surface area contributed by atoms with E-state index in [1.807, 2.05) is 32.9 Å². The second kappa shape index (κ2) is 15.5. The van der Waals surface area contributed by atoms with Gasteiger partial charge in [-0.15, -0.1) is 0 Å². The molecule has 1 fully saturated rings. The number of hydrogen-bond donors (Lipinski definition) is 1. The number of halogens is 2. The van der Waals surface area contributed by atoms with Crippen molar-refractivity contribution in [2.24, 2.45) is 0 Å². The van der Waals surface area contributed by atoms with Crippen LogP contribution in [0.2, 0.25) is 5.02 Å². The average Bonchev–Trinajstić information content (AvgIpc) is 3.69. The molecule has 1 saturated carbocycles. The maximum absolute atomic E-state index is 14.9. The van der Waals surface area contributed by atoms with Gasteiger partial charge >= 0.3 is 29.6 Å². The van der Waals surface area contributed by atoms with Gasteiger partial charge in [0.15, 0.2) is 0 Å². The maximum Gasteiger partial charge on any atom is 1.00 e. The van der Waals surface area contributed by atoms with Crippen molar-refractivity contribution in [3.63, 3.8) is 0 Å². The minimum absolute atomic E-state index is 0. The summed E-state index contributed by atoms with van der Waals surface area (Å²) >= 11 is 7.69. The van der Waals surface area contributed by atoms with Gasteiger partial charge in [-0.3, -0.25) is 4.79 Å². The molecule has 4 rings (SSSR count). The Labute approximate surface area is 271 Å². The SMILES string of the molecule is C=C/C=C(COC=O)\C(C)=C/C.CNc1c(C)nsc1-c1cc(Cl)c(-c2ccc(C3(C(=O)[O-])CC3)cc2)cc1F.[Na+]. The van der Waals surface area contributed by atoms with Crippen molar-refractivity contribution >= 4 is 41.3 Å². The Balaban J connectivity index is 0.000000387. The Morgan fingerprint density at radius 2 is 1.93 bits per heavy atom. The van der Waals surface area contributed by atoms with Crippen molar-refractivity contribution in [3.8, 4) is 21.6 Å². The zero-order valence-corrected chi connectivity index (χ0v) is 27.4. The van der Waals surface area contributed by atoms with Crippen molar-refractivity contribution in [2.75, 3.05) is 19.0 Å². The summed E-state index contributed by atoms with van der Waals surface area (Å²) in [7, 11) is 1.77. The van der Waals surface area contributed by atoms with Gasteiger partial charge in [0, 0.05) is 28.6 Å². The van der Waals surface area contributed by atoms with Gasteiger partial charge in [-0.25, -0.2) is 4.39 Å². The molecule has 41 heavy (non-hydrogen) atoms. The molecule has 0 spiro atoms. The summed E-state index contributed by atoms with van der Waals surface area (Å²) in [6.07, 6.45) is 6.64. The average molecular weight is 605 g/mol. The number of ether oxygens (including phenoxy) is 1. The molecule has 0 aliphatic heterocycles. The molecule has 1 heterocycles. The van der Waals surface area contributed by atoms with Crippen LogP contribution < -0.4 is 40.0 Å². The minimum Gasteiger partial charge on any atom is -0.549 e. The standard InChI is InChI=1S/C21H18ClFN2O2S.C10H14O2.Na/c1-11-18(24-2)19(28-25-11)15-9-16(22)14(10-17(15)23)12-3-5-13(6-4-12)21(7-8-21)20(26)27;1-4-6-10(7-12-8-11)9(3)5-2;/h3-6,9-10,24H,7-8H2,1-2H3,(H,26,27);4-6,8H,1,7H2,2-3H3;/q;;+1/p-1/b;9-5-,10-6-;. The predicted octanol–water partition coefficient (Wildman–Crippen LogP) is 3.64. The second-order valence-electron chi connectivity index (χ2n) is 9.29. The van der Waals surface area contributed by atoms with E-state index in [0.29, 0.717) is 52.5 Å². The molecule has 0 atom stereocenters. The second-order valence-corrected chi connectivity index (χ2v) is 10.5. The molecule has 1 aromatic heterocycles. The molecule has 0 saturated heterocycles. The summed E-state index contributed by atoms with van der Waals surface area (Å²) in [5.74, 6) is -1.44. The van der Waals surface area contributed by atoms with E-state index in [9.17, 15) is 19.1 Å². The number of aromatic nitrogens is 1. The monoisotopic (exact) mass is 604 g/mol. The fourth-order valence-electron chi connectivity index (χ4n) is 4.24. The third kappa shape index (κ3) is 7.96. The van der Waals surface area contributed by atoms with E-state index in [-0.39, 0.29) is 29.6 Å². The van der Waals surface area contributed by atoms with Crippen LogP contribution in [0.4, 0.5) is 10.1 Å². The number of aliphatic carboxylic acids is 1. The molecule has 1 N–H and O–H groups in total. The Hall–Kier alpha value is -2.75. The molecule has 210 valence electrons. The summed E-state index contributed by atoms with van der Waals surface area (Å²) in [4.78, 5) is 22.0. The molecule has 0 bridgehead atoms. The Morgan fingerprint density at radius 3 is 2.44 bits per heavy atom. The van der Waals surface area contributed by atoms with Crippen LogP contribution in [0.1, 0.15) is 37.9 Å². The molecular weight excluding hydrogens is 574 g/mol. The van der Waals surface area contributed by atoms with E-state index in [1.165, 1.54) is 17.6 Å². The number of carboxylic acid groups (broad SMARTS) is 1. The van der Waals surface area contributed by atoms with Gasteiger partial charge in [-0.2, -0.15) is 4.37 Å². The molecule has 6 nitrogen and oxygen atoms in total. The van der Waals surface area contributed by atoms with E-state index < -0.39 is 17.2 Å². The first-order chi connectivity index (χ1) is 19.1. The van der Waals surface area contributed by atoms with Gasteiger partial charge < -0.3 is 20.0 Å². The van der Waals surface area contributed by atoms with E-state index in [4.69, 9.17) is 11.6 Å². The minimum atomic E-state index is -1.05. The summed E-state index contributed by atoms with van der Waals surface area (Å²) in [6, 6.07) is 10.1. The van der Waals surface area contributed by atoms with Crippen LogP contribution in [0.5, 0.6) is 0 Å². The fraction of sp³-hybridized carbons (Fsp3) is 0.258. The van der Waals surface area contributed by atoms with Crippen LogP contribution in [0.25, 0.3) is 21.6 Å². The third-order valence-corrected chi connectivity index (χ3v) is 8.15. The molecule has 1 aliphatic carbocycles.